The predicted molar refractivity (Wildman–Crippen MR) is 78.4 cm³/mol. The Morgan fingerprint density at radius 2 is 2.20 bits per heavy atom. The Labute approximate surface area is 121 Å². The van der Waals surface area contributed by atoms with Gasteiger partial charge in [0.25, 0.3) is 5.91 Å². The number of aliphatic carboxylic acids is 1. The first kappa shape index (κ1) is 16.2. The summed E-state index contributed by atoms with van der Waals surface area (Å²) in [6.45, 7) is 2.42. The first-order chi connectivity index (χ1) is 9.43. The number of amides is 1. The average molecular weight is 297 g/mol. The molecular weight excluding hydrogens is 281 g/mol. The van der Waals surface area contributed by atoms with Crippen LogP contribution in [0.3, 0.4) is 0 Å². The van der Waals surface area contributed by atoms with Crippen LogP contribution in [0.15, 0.2) is 24.3 Å². The third-order valence-corrected chi connectivity index (χ3v) is 3.58. The number of carbonyl (C=O) groups is 2. The van der Waals surface area contributed by atoms with Gasteiger partial charge in [0, 0.05) is 17.9 Å². The van der Waals surface area contributed by atoms with Gasteiger partial charge in [-0.1, -0.05) is 13.0 Å². The second kappa shape index (κ2) is 7.69. The fourth-order valence-corrected chi connectivity index (χ4v) is 1.65. The van der Waals surface area contributed by atoms with Crippen LogP contribution in [0, 0.1) is 5.82 Å². The van der Waals surface area contributed by atoms with Crippen molar-refractivity contribution in [2.45, 2.75) is 12.2 Å². The predicted octanol–water partition coefficient (Wildman–Crippen LogP) is 2.40. The SMILES string of the molecule is CSC(C)CNC(=O)c1ccc(/C=C/C(=O)O)cc1F. The highest BCUT2D eigenvalue weighted by molar-refractivity contribution is 7.99. The molecule has 20 heavy (non-hydrogen) atoms. The van der Waals surface area contributed by atoms with Crippen molar-refractivity contribution in [3.63, 3.8) is 0 Å². The molecular formula is C14H16FNO3S. The van der Waals surface area contributed by atoms with Gasteiger partial charge in [-0.3, -0.25) is 4.79 Å². The smallest absolute Gasteiger partial charge is 0.328 e. The second-order valence-corrected chi connectivity index (χ2v) is 5.44. The van der Waals surface area contributed by atoms with Gasteiger partial charge < -0.3 is 10.4 Å². The number of halogens is 1. The molecule has 6 heteroatoms. The Bertz CT molecular complexity index is 531. The highest BCUT2D eigenvalue weighted by atomic mass is 32.2. The van der Waals surface area contributed by atoms with Gasteiger partial charge in [0.15, 0.2) is 0 Å². The van der Waals surface area contributed by atoms with Gasteiger partial charge in [-0.15, -0.1) is 0 Å². The van der Waals surface area contributed by atoms with Crippen molar-refractivity contribution >= 4 is 29.7 Å². The molecule has 4 nitrogen and oxygen atoms in total. The molecule has 0 saturated carbocycles. The molecule has 1 rings (SSSR count). The lowest BCUT2D eigenvalue weighted by molar-refractivity contribution is -0.131. The van der Waals surface area contributed by atoms with Gasteiger partial charge in [0.05, 0.1) is 5.56 Å². The van der Waals surface area contributed by atoms with Crippen LogP contribution in [-0.4, -0.2) is 35.0 Å². The minimum atomic E-state index is -1.11. The molecule has 0 aliphatic heterocycles. The minimum Gasteiger partial charge on any atom is -0.478 e. The lowest BCUT2D eigenvalue weighted by Crippen LogP contribution is -2.29. The summed E-state index contributed by atoms with van der Waals surface area (Å²) in [7, 11) is 0. The maximum atomic E-state index is 13.8. The van der Waals surface area contributed by atoms with Crippen LogP contribution in [0.4, 0.5) is 4.39 Å². The summed E-state index contributed by atoms with van der Waals surface area (Å²) in [4.78, 5) is 22.2. The number of thioether (sulfide) groups is 1. The quantitative estimate of drug-likeness (QED) is 0.791. The van der Waals surface area contributed by atoms with Gasteiger partial charge in [0.2, 0.25) is 0 Å². The Morgan fingerprint density at radius 1 is 1.50 bits per heavy atom. The minimum absolute atomic E-state index is 0.0502. The zero-order chi connectivity index (χ0) is 15.1. The van der Waals surface area contributed by atoms with Crippen molar-refractivity contribution in [1.82, 2.24) is 5.32 Å². The monoisotopic (exact) mass is 297 g/mol. The van der Waals surface area contributed by atoms with Crippen LogP contribution in [-0.2, 0) is 4.79 Å². The molecule has 0 radical (unpaired) electrons. The van der Waals surface area contributed by atoms with E-state index in [1.807, 2.05) is 13.2 Å². The van der Waals surface area contributed by atoms with E-state index >= 15 is 0 Å². The van der Waals surface area contributed by atoms with E-state index in [4.69, 9.17) is 5.11 Å². The summed E-state index contributed by atoms with van der Waals surface area (Å²) in [6.07, 6.45) is 4.11. The molecule has 0 fully saturated rings. The second-order valence-electron chi connectivity index (χ2n) is 4.17. The zero-order valence-corrected chi connectivity index (χ0v) is 12.0. The largest absolute Gasteiger partial charge is 0.478 e. The molecule has 1 atom stereocenters. The third-order valence-electron chi connectivity index (χ3n) is 2.61. The molecule has 2 N–H and O–H groups in total. The Balaban J connectivity index is 2.77. The molecule has 0 bridgehead atoms. The van der Waals surface area contributed by atoms with E-state index in [0.717, 1.165) is 12.1 Å². The van der Waals surface area contributed by atoms with Gasteiger partial charge >= 0.3 is 5.97 Å². The van der Waals surface area contributed by atoms with E-state index in [0.29, 0.717) is 12.1 Å². The van der Waals surface area contributed by atoms with Gasteiger partial charge in [-0.25, -0.2) is 9.18 Å². The molecule has 0 aliphatic carbocycles. The molecule has 0 aromatic heterocycles. The Morgan fingerprint density at radius 3 is 2.75 bits per heavy atom. The summed E-state index contributed by atoms with van der Waals surface area (Å²) in [5.74, 6) is -2.26. The Kier molecular flexibility index (Phi) is 6.24. The van der Waals surface area contributed by atoms with Crippen LogP contribution in [0.25, 0.3) is 6.08 Å². The molecule has 0 spiro atoms. The Hall–Kier alpha value is -1.82. The van der Waals surface area contributed by atoms with Crippen LogP contribution >= 0.6 is 11.8 Å². The van der Waals surface area contributed by atoms with Crippen LogP contribution < -0.4 is 5.32 Å². The molecule has 1 aromatic carbocycles. The maximum absolute atomic E-state index is 13.8. The normalized spacial score (nSPS) is 12.3. The molecule has 1 aromatic rings. The molecule has 1 amide bonds. The van der Waals surface area contributed by atoms with Crippen molar-refractivity contribution in [3.05, 3.63) is 41.2 Å². The number of rotatable bonds is 6. The zero-order valence-electron chi connectivity index (χ0n) is 11.2. The van der Waals surface area contributed by atoms with E-state index in [-0.39, 0.29) is 10.8 Å². The van der Waals surface area contributed by atoms with Crippen molar-refractivity contribution in [2.24, 2.45) is 0 Å². The topological polar surface area (TPSA) is 66.4 Å². The number of carboxylic acid groups (broad SMARTS) is 1. The standard InChI is InChI=1S/C14H16FNO3S/c1-9(20-2)8-16-14(19)11-5-3-10(7-12(11)15)4-6-13(17)18/h3-7,9H,8H2,1-2H3,(H,16,19)(H,17,18)/b6-4+. The fourth-order valence-electron chi connectivity index (χ4n) is 1.40. The van der Waals surface area contributed by atoms with Crippen molar-refractivity contribution in [1.29, 1.82) is 0 Å². The summed E-state index contributed by atoms with van der Waals surface area (Å²) < 4.78 is 13.8. The van der Waals surface area contributed by atoms with E-state index in [1.165, 1.54) is 18.2 Å². The highest BCUT2D eigenvalue weighted by Gasteiger charge is 2.12. The van der Waals surface area contributed by atoms with Crippen LogP contribution in [0.1, 0.15) is 22.8 Å². The number of benzene rings is 1. The number of carboxylic acids is 1. The summed E-state index contributed by atoms with van der Waals surface area (Å²) in [5.41, 5.74) is 0.338. The molecule has 1 unspecified atom stereocenters. The number of hydrogen-bond acceptors (Lipinski definition) is 3. The fraction of sp³-hybridized carbons (Fsp3) is 0.286. The van der Waals surface area contributed by atoms with E-state index < -0.39 is 17.7 Å². The van der Waals surface area contributed by atoms with Crippen LogP contribution in [0.5, 0.6) is 0 Å². The first-order valence-electron chi connectivity index (χ1n) is 5.95. The number of carbonyl (C=O) groups excluding carboxylic acids is 1. The summed E-state index contributed by atoms with van der Waals surface area (Å²) >= 11 is 1.60. The summed E-state index contributed by atoms with van der Waals surface area (Å²) in [5, 5.41) is 11.4. The van der Waals surface area contributed by atoms with Gasteiger partial charge in [-0.2, -0.15) is 11.8 Å². The van der Waals surface area contributed by atoms with Crippen molar-refractivity contribution in [3.8, 4) is 0 Å². The van der Waals surface area contributed by atoms with E-state index in [1.54, 1.807) is 11.8 Å². The van der Waals surface area contributed by atoms with Crippen molar-refractivity contribution < 1.29 is 19.1 Å². The molecule has 0 heterocycles. The van der Waals surface area contributed by atoms with E-state index in [2.05, 4.69) is 5.32 Å². The maximum Gasteiger partial charge on any atom is 0.328 e. The lowest BCUT2D eigenvalue weighted by Gasteiger charge is -2.10. The van der Waals surface area contributed by atoms with Crippen molar-refractivity contribution in [2.75, 3.05) is 12.8 Å². The highest BCUT2D eigenvalue weighted by Crippen LogP contribution is 2.12. The van der Waals surface area contributed by atoms with Gasteiger partial charge in [-0.05, 0) is 30.0 Å². The van der Waals surface area contributed by atoms with Crippen LogP contribution in [0.2, 0.25) is 0 Å². The van der Waals surface area contributed by atoms with E-state index in [9.17, 15) is 14.0 Å². The first-order valence-corrected chi connectivity index (χ1v) is 7.24. The third kappa shape index (κ3) is 5.05. The molecule has 0 aliphatic rings. The average Bonchev–Trinajstić information content (AvgIpc) is 2.42. The molecule has 0 saturated heterocycles. The number of nitrogens with one attached hydrogen (secondary N) is 1. The molecule has 108 valence electrons. The number of hydrogen-bond donors (Lipinski definition) is 2. The summed E-state index contributed by atoms with van der Waals surface area (Å²) in [6, 6.07) is 3.97. The van der Waals surface area contributed by atoms with Gasteiger partial charge in [0.1, 0.15) is 5.82 Å². The lowest BCUT2D eigenvalue weighted by atomic mass is 10.1.